The largest absolute Gasteiger partial charge is 0.481 e. The van der Waals surface area contributed by atoms with Gasteiger partial charge in [-0.15, -0.1) is 0 Å². The third-order valence-electron chi connectivity index (χ3n) is 3.83. The number of fused-ring (bicyclic) bond motifs is 1. The van der Waals surface area contributed by atoms with E-state index in [1.807, 2.05) is 30.3 Å². The fourth-order valence-corrected chi connectivity index (χ4v) is 2.84. The van der Waals surface area contributed by atoms with Crippen molar-refractivity contribution < 1.29 is 9.90 Å². The molecule has 0 saturated heterocycles. The van der Waals surface area contributed by atoms with Gasteiger partial charge in [0, 0.05) is 17.6 Å². The number of nitrogens with one attached hydrogen (secondary N) is 1. The molecule has 2 N–H and O–H groups in total. The van der Waals surface area contributed by atoms with E-state index in [4.69, 9.17) is 0 Å². The van der Waals surface area contributed by atoms with E-state index in [1.54, 1.807) is 6.20 Å². The molecule has 1 aromatic carbocycles. The summed E-state index contributed by atoms with van der Waals surface area (Å²) in [5, 5.41) is 14.7. The van der Waals surface area contributed by atoms with Gasteiger partial charge in [0.1, 0.15) is 5.82 Å². The van der Waals surface area contributed by atoms with E-state index in [0.29, 0.717) is 0 Å². The van der Waals surface area contributed by atoms with E-state index in [-0.39, 0.29) is 12.0 Å². The topological polar surface area (TPSA) is 62.2 Å². The van der Waals surface area contributed by atoms with Crippen molar-refractivity contribution in [2.75, 3.05) is 5.32 Å². The van der Waals surface area contributed by atoms with E-state index in [1.165, 1.54) is 0 Å². The van der Waals surface area contributed by atoms with Gasteiger partial charge in [-0.05, 0) is 24.3 Å². The summed E-state index contributed by atoms with van der Waals surface area (Å²) < 4.78 is 0. The lowest BCUT2D eigenvalue weighted by Crippen LogP contribution is -2.30. The Balaban J connectivity index is 1.91. The highest BCUT2D eigenvalue weighted by Gasteiger charge is 2.33. The van der Waals surface area contributed by atoms with Gasteiger partial charge < -0.3 is 10.4 Å². The van der Waals surface area contributed by atoms with E-state index in [2.05, 4.69) is 10.3 Å². The second-order valence-corrected chi connectivity index (χ2v) is 5.01. The van der Waals surface area contributed by atoms with Gasteiger partial charge in [0.2, 0.25) is 0 Å². The number of carboxylic acid groups (broad SMARTS) is 1. The highest BCUT2D eigenvalue weighted by atomic mass is 16.4. The molecule has 98 valence electrons. The quantitative estimate of drug-likeness (QED) is 0.886. The number of aromatic nitrogens is 1. The monoisotopic (exact) mass is 256 g/mol. The van der Waals surface area contributed by atoms with Crippen LogP contribution in [0.1, 0.15) is 19.3 Å². The van der Waals surface area contributed by atoms with Crippen molar-refractivity contribution in [3.8, 4) is 0 Å². The van der Waals surface area contributed by atoms with Crippen molar-refractivity contribution in [2.24, 2.45) is 5.92 Å². The van der Waals surface area contributed by atoms with Crippen LogP contribution in [-0.2, 0) is 4.79 Å². The summed E-state index contributed by atoms with van der Waals surface area (Å²) in [6.07, 6.45) is 4.36. The molecule has 1 heterocycles. The molecule has 1 aromatic heterocycles. The standard InChI is InChI=1S/C15H16N2O2/c18-15(19)12-6-3-7-13(12)17-14-11-5-2-1-4-10(11)8-9-16-14/h1-2,4-5,8-9,12-13H,3,6-7H2,(H,16,17)(H,18,19). The molecule has 0 bridgehead atoms. The number of benzene rings is 1. The second-order valence-electron chi connectivity index (χ2n) is 5.01. The Morgan fingerprint density at radius 1 is 1.26 bits per heavy atom. The molecule has 2 unspecified atom stereocenters. The first-order valence-electron chi connectivity index (χ1n) is 6.59. The van der Waals surface area contributed by atoms with Crippen LogP contribution in [0.15, 0.2) is 36.5 Å². The number of carbonyl (C=O) groups is 1. The zero-order chi connectivity index (χ0) is 13.2. The normalized spacial score (nSPS) is 22.5. The number of nitrogens with zero attached hydrogens (tertiary/aromatic N) is 1. The van der Waals surface area contributed by atoms with Crippen molar-refractivity contribution in [2.45, 2.75) is 25.3 Å². The Labute approximate surface area is 111 Å². The molecule has 1 fully saturated rings. The smallest absolute Gasteiger partial charge is 0.308 e. The van der Waals surface area contributed by atoms with Crippen LogP contribution < -0.4 is 5.32 Å². The zero-order valence-electron chi connectivity index (χ0n) is 10.5. The van der Waals surface area contributed by atoms with Gasteiger partial charge in [0.05, 0.1) is 5.92 Å². The third-order valence-corrected chi connectivity index (χ3v) is 3.83. The highest BCUT2D eigenvalue weighted by molar-refractivity contribution is 5.91. The molecule has 4 nitrogen and oxygen atoms in total. The molecule has 1 saturated carbocycles. The minimum absolute atomic E-state index is 0.0178. The number of hydrogen-bond donors (Lipinski definition) is 2. The highest BCUT2D eigenvalue weighted by Crippen LogP contribution is 2.30. The van der Waals surface area contributed by atoms with Gasteiger partial charge in [-0.1, -0.05) is 30.7 Å². The first-order valence-corrected chi connectivity index (χ1v) is 6.59. The molecular formula is C15H16N2O2. The van der Waals surface area contributed by atoms with Crippen LogP contribution in [0.2, 0.25) is 0 Å². The SMILES string of the molecule is O=C(O)C1CCCC1Nc1nccc2ccccc12. The summed E-state index contributed by atoms with van der Waals surface area (Å²) >= 11 is 0. The molecule has 0 radical (unpaired) electrons. The van der Waals surface area contributed by atoms with Crippen molar-refractivity contribution >= 4 is 22.6 Å². The maximum Gasteiger partial charge on any atom is 0.308 e. The van der Waals surface area contributed by atoms with E-state index in [0.717, 1.165) is 35.9 Å². The summed E-state index contributed by atoms with van der Waals surface area (Å²) in [4.78, 5) is 15.6. The average Bonchev–Trinajstić information content (AvgIpc) is 2.87. The Kier molecular flexibility index (Phi) is 3.07. The third kappa shape index (κ3) is 2.26. The number of pyridine rings is 1. The first-order chi connectivity index (χ1) is 9.25. The maximum atomic E-state index is 11.2. The minimum atomic E-state index is -0.713. The van der Waals surface area contributed by atoms with Crippen molar-refractivity contribution in [1.29, 1.82) is 0 Å². The molecule has 4 heteroatoms. The molecular weight excluding hydrogens is 240 g/mol. The summed E-state index contributed by atoms with van der Waals surface area (Å²) in [6, 6.07) is 9.95. The van der Waals surface area contributed by atoms with Crippen LogP contribution in [0.25, 0.3) is 10.8 Å². The molecule has 3 rings (SSSR count). The number of carboxylic acids is 1. The van der Waals surface area contributed by atoms with Crippen LogP contribution in [0.3, 0.4) is 0 Å². The molecule has 0 aliphatic heterocycles. The van der Waals surface area contributed by atoms with Crippen LogP contribution >= 0.6 is 0 Å². The summed E-state index contributed by atoms with van der Waals surface area (Å²) in [7, 11) is 0. The van der Waals surface area contributed by atoms with Gasteiger partial charge in [0.15, 0.2) is 0 Å². The molecule has 0 amide bonds. The Morgan fingerprint density at radius 2 is 2.11 bits per heavy atom. The lowest BCUT2D eigenvalue weighted by Gasteiger charge is -2.19. The Morgan fingerprint density at radius 3 is 2.95 bits per heavy atom. The first kappa shape index (κ1) is 12.0. The van der Waals surface area contributed by atoms with E-state index >= 15 is 0 Å². The van der Waals surface area contributed by atoms with Crippen molar-refractivity contribution in [3.05, 3.63) is 36.5 Å². The molecule has 0 spiro atoms. The minimum Gasteiger partial charge on any atom is -0.481 e. The molecule has 1 aliphatic carbocycles. The second kappa shape index (κ2) is 4.88. The van der Waals surface area contributed by atoms with E-state index in [9.17, 15) is 9.90 Å². The number of anilines is 1. The van der Waals surface area contributed by atoms with Crippen molar-refractivity contribution in [3.63, 3.8) is 0 Å². The van der Waals surface area contributed by atoms with Gasteiger partial charge in [-0.2, -0.15) is 0 Å². The average molecular weight is 256 g/mol. The fraction of sp³-hybridized carbons (Fsp3) is 0.333. The van der Waals surface area contributed by atoms with Crippen LogP contribution in [0, 0.1) is 5.92 Å². The van der Waals surface area contributed by atoms with Gasteiger partial charge in [-0.25, -0.2) is 4.98 Å². The Hall–Kier alpha value is -2.10. The lowest BCUT2D eigenvalue weighted by atomic mass is 10.0. The zero-order valence-corrected chi connectivity index (χ0v) is 10.5. The maximum absolute atomic E-state index is 11.2. The van der Waals surface area contributed by atoms with Gasteiger partial charge in [0.25, 0.3) is 0 Å². The molecule has 19 heavy (non-hydrogen) atoms. The molecule has 2 atom stereocenters. The predicted molar refractivity (Wildman–Crippen MR) is 74.1 cm³/mol. The molecule has 1 aliphatic rings. The Bertz CT molecular complexity index is 607. The van der Waals surface area contributed by atoms with Crippen molar-refractivity contribution in [1.82, 2.24) is 4.98 Å². The number of rotatable bonds is 3. The molecule has 2 aromatic rings. The number of hydrogen-bond acceptors (Lipinski definition) is 3. The van der Waals surface area contributed by atoms with Crippen LogP contribution in [0.4, 0.5) is 5.82 Å². The fourth-order valence-electron chi connectivity index (χ4n) is 2.84. The lowest BCUT2D eigenvalue weighted by molar-refractivity contribution is -0.141. The predicted octanol–water partition coefficient (Wildman–Crippen LogP) is 2.90. The van der Waals surface area contributed by atoms with Gasteiger partial charge in [-0.3, -0.25) is 4.79 Å². The summed E-state index contributed by atoms with van der Waals surface area (Å²) in [5.41, 5.74) is 0. The van der Waals surface area contributed by atoms with Gasteiger partial charge >= 0.3 is 5.97 Å². The van der Waals surface area contributed by atoms with Crippen LogP contribution in [0.5, 0.6) is 0 Å². The van der Waals surface area contributed by atoms with Crippen LogP contribution in [-0.4, -0.2) is 22.1 Å². The van der Waals surface area contributed by atoms with E-state index < -0.39 is 5.97 Å². The summed E-state index contributed by atoms with van der Waals surface area (Å²) in [6.45, 7) is 0. The number of aliphatic carboxylic acids is 1. The summed E-state index contributed by atoms with van der Waals surface area (Å²) in [5.74, 6) is -0.229.